The number of nitrogens with zero attached hydrogens (tertiary/aromatic N) is 2. The fourth-order valence-corrected chi connectivity index (χ4v) is 6.50. The van der Waals surface area contributed by atoms with Gasteiger partial charge < -0.3 is 4.74 Å². The van der Waals surface area contributed by atoms with Gasteiger partial charge in [0.1, 0.15) is 5.75 Å². The lowest BCUT2D eigenvalue weighted by molar-refractivity contribution is -0.387. The van der Waals surface area contributed by atoms with Crippen molar-refractivity contribution in [1.29, 1.82) is 0 Å². The van der Waals surface area contributed by atoms with E-state index in [9.17, 15) is 36.1 Å². The molecule has 36 heavy (non-hydrogen) atoms. The summed E-state index contributed by atoms with van der Waals surface area (Å²) in [5, 5.41) is 11.6. The molecule has 0 bridgehead atoms. The van der Waals surface area contributed by atoms with Crippen LogP contribution < -0.4 is 9.04 Å². The summed E-state index contributed by atoms with van der Waals surface area (Å²) in [7, 11) is -4.56. The number of rotatable bonds is 7. The summed E-state index contributed by atoms with van der Waals surface area (Å²) in [6.07, 6.45) is -8.28. The van der Waals surface area contributed by atoms with E-state index in [1.807, 2.05) is 0 Å². The molecule has 1 aliphatic heterocycles. The van der Waals surface area contributed by atoms with Crippen LogP contribution in [0.25, 0.3) is 0 Å². The molecule has 4 rings (SSSR count). The Bertz CT molecular complexity index is 1420. The van der Waals surface area contributed by atoms with Crippen molar-refractivity contribution in [3.8, 4) is 5.75 Å². The van der Waals surface area contributed by atoms with Crippen molar-refractivity contribution >= 4 is 37.3 Å². The van der Waals surface area contributed by atoms with Gasteiger partial charge in [-0.05, 0) is 54.3 Å². The topological polar surface area (TPSA) is 89.8 Å². The number of anilines is 1. The number of halogens is 5. The Labute approximate surface area is 211 Å². The predicted molar refractivity (Wildman–Crippen MR) is 126 cm³/mol. The Hall–Kier alpha value is -3.19. The number of hydrogen-bond acceptors (Lipinski definition) is 5. The second-order valence-corrected chi connectivity index (χ2v) is 10.5. The second kappa shape index (κ2) is 9.69. The molecule has 13 heteroatoms. The normalized spacial score (nSPS) is 16.1. The Morgan fingerprint density at radius 3 is 2.47 bits per heavy atom. The van der Waals surface area contributed by atoms with Gasteiger partial charge in [-0.3, -0.25) is 14.4 Å². The third-order valence-electron chi connectivity index (χ3n) is 5.63. The molecule has 1 atom stereocenters. The van der Waals surface area contributed by atoms with Crippen LogP contribution in [0, 0.1) is 10.1 Å². The number of para-hydroxylation sites is 1. The van der Waals surface area contributed by atoms with Crippen molar-refractivity contribution in [2.75, 3.05) is 4.31 Å². The number of alkyl halides is 4. The van der Waals surface area contributed by atoms with Crippen LogP contribution in [-0.2, 0) is 16.4 Å². The van der Waals surface area contributed by atoms with Gasteiger partial charge in [0.05, 0.1) is 16.7 Å². The van der Waals surface area contributed by atoms with Crippen molar-refractivity contribution in [1.82, 2.24) is 0 Å². The Morgan fingerprint density at radius 1 is 1.08 bits per heavy atom. The number of sulfonamides is 1. The van der Waals surface area contributed by atoms with Crippen molar-refractivity contribution in [2.24, 2.45) is 0 Å². The van der Waals surface area contributed by atoms with Crippen molar-refractivity contribution in [3.63, 3.8) is 0 Å². The third kappa shape index (κ3) is 4.76. The van der Waals surface area contributed by atoms with E-state index in [0.717, 1.165) is 28.6 Å². The fourth-order valence-electron chi connectivity index (χ4n) is 4.09. The highest BCUT2D eigenvalue weighted by Gasteiger charge is 2.44. The Balaban J connectivity index is 1.88. The number of benzene rings is 3. The molecule has 0 aromatic heterocycles. The van der Waals surface area contributed by atoms with Crippen LogP contribution in [0.5, 0.6) is 5.75 Å². The van der Waals surface area contributed by atoms with Crippen molar-refractivity contribution in [3.05, 3.63) is 92.4 Å². The van der Waals surface area contributed by atoms with Gasteiger partial charge in [-0.25, -0.2) is 8.42 Å². The molecule has 190 valence electrons. The summed E-state index contributed by atoms with van der Waals surface area (Å²) >= 11 is 3.40. The van der Waals surface area contributed by atoms with Crippen LogP contribution in [0.4, 0.5) is 28.9 Å². The van der Waals surface area contributed by atoms with Gasteiger partial charge in [-0.2, -0.15) is 17.6 Å². The smallest absolute Gasteiger partial charge is 0.428 e. The first-order valence-corrected chi connectivity index (χ1v) is 12.7. The minimum atomic E-state index is -4.75. The predicted octanol–water partition coefficient (Wildman–Crippen LogP) is 6.48. The third-order valence-corrected chi connectivity index (χ3v) is 8.25. The summed E-state index contributed by atoms with van der Waals surface area (Å²) < 4.78 is 86.0. The van der Waals surface area contributed by atoms with Crippen LogP contribution in [0.3, 0.4) is 0 Å². The first kappa shape index (κ1) is 25.9. The molecule has 0 amide bonds. The van der Waals surface area contributed by atoms with E-state index in [-0.39, 0.29) is 17.7 Å². The zero-order chi connectivity index (χ0) is 26.3. The maximum Gasteiger partial charge on any atom is 0.461 e. The van der Waals surface area contributed by atoms with Crippen LogP contribution >= 0.6 is 15.9 Å². The molecule has 3 aromatic carbocycles. The first-order valence-electron chi connectivity index (χ1n) is 10.4. The van der Waals surface area contributed by atoms with E-state index in [1.54, 1.807) is 12.1 Å². The van der Waals surface area contributed by atoms with E-state index in [0.29, 0.717) is 16.5 Å². The second-order valence-electron chi connectivity index (χ2n) is 7.85. The van der Waals surface area contributed by atoms with Crippen molar-refractivity contribution in [2.45, 2.75) is 36.3 Å². The van der Waals surface area contributed by atoms with Crippen LogP contribution in [0.1, 0.15) is 23.6 Å². The standard InChI is InChI=1S/C23H17BrF4N2O5S/c24-17-7-4-9-19-16(17)11-12-18(14-5-3-6-15(13-14)35-23(27,28)22(25)26)29(19)36(33,34)21-10-2-1-8-20(21)30(31)32/h1-10,13,18,22H,11-12H2. The first-order chi connectivity index (χ1) is 16.9. The lowest BCUT2D eigenvalue weighted by atomic mass is 9.93. The van der Waals surface area contributed by atoms with E-state index in [2.05, 4.69) is 20.7 Å². The lowest BCUT2D eigenvalue weighted by Crippen LogP contribution is -2.39. The molecule has 3 aromatic rings. The molecule has 0 aliphatic carbocycles. The SMILES string of the molecule is O=[N+]([O-])c1ccccc1S(=O)(=O)N1c2cccc(Br)c2CCC1c1cccc(OC(F)(F)C(F)F)c1. The highest BCUT2D eigenvalue weighted by atomic mass is 79.9. The molecule has 0 spiro atoms. The highest BCUT2D eigenvalue weighted by molar-refractivity contribution is 9.10. The summed E-state index contributed by atoms with van der Waals surface area (Å²) in [4.78, 5) is 10.2. The number of fused-ring (bicyclic) bond motifs is 1. The number of nitro benzene ring substituents is 1. The molecular weight excluding hydrogens is 572 g/mol. The van der Waals surface area contributed by atoms with Gasteiger partial charge in [0.2, 0.25) is 0 Å². The zero-order valence-electron chi connectivity index (χ0n) is 18.2. The minimum absolute atomic E-state index is 0.171. The van der Waals surface area contributed by atoms with E-state index < -0.39 is 49.9 Å². The average molecular weight is 589 g/mol. The molecule has 0 saturated carbocycles. The zero-order valence-corrected chi connectivity index (χ0v) is 20.6. The van der Waals surface area contributed by atoms with E-state index in [1.165, 1.54) is 30.3 Å². The fraction of sp³-hybridized carbons (Fsp3) is 0.217. The van der Waals surface area contributed by atoms with Crippen LogP contribution in [0.2, 0.25) is 0 Å². The molecule has 0 radical (unpaired) electrons. The summed E-state index contributed by atoms with van der Waals surface area (Å²) in [6.45, 7) is 0. The molecule has 1 unspecified atom stereocenters. The van der Waals surface area contributed by atoms with Gasteiger partial charge >= 0.3 is 12.5 Å². The number of ether oxygens (including phenoxy) is 1. The summed E-state index contributed by atoms with van der Waals surface area (Å²) in [6, 6.07) is 13.5. The largest absolute Gasteiger partial charge is 0.461 e. The Kier molecular flexibility index (Phi) is 6.97. The van der Waals surface area contributed by atoms with Gasteiger partial charge in [0.15, 0.2) is 4.90 Å². The van der Waals surface area contributed by atoms with E-state index >= 15 is 0 Å². The monoisotopic (exact) mass is 588 g/mol. The molecular formula is C23H17BrF4N2O5S. The minimum Gasteiger partial charge on any atom is -0.428 e. The van der Waals surface area contributed by atoms with Crippen molar-refractivity contribution < 1.29 is 35.6 Å². The van der Waals surface area contributed by atoms with Gasteiger partial charge in [0, 0.05) is 10.5 Å². The maximum absolute atomic E-state index is 13.9. The van der Waals surface area contributed by atoms with E-state index in [4.69, 9.17) is 0 Å². The molecule has 1 aliphatic rings. The van der Waals surface area contributed by atoms with Crippen LogP contribution in [-0.4, -0.2) is 25.9 Å². The highest BCUT2D eigenvalue weighted by Crippen LogP contribution is 2.46. The number of hydrogen-bond donors (Lipinski definition) is 0. The molecule has 1 heterocycles. The summed E-state index contributed by atoms with van der Waals surface area (Å²) in [5.41, 5.74) is 0.424. The molecule has 0 fully saturated rings. The van der Waals surface area contributed by atoms with Gasteiger partial charge in [-0.1, -0.05) is 46.3 Å². The quantitative estimate of drug-likeness (QED) is 0.179. The van der Waals surface area contributed by atoms with Gasteiger partial charge in [-0.15, -0.1) is 0 Å². The molecule has 0 saturated heterocycles. The van der Waals surface area contributed by atoms with Gasteiger partial charge in [0.25, 0.3) is 15.7 Å². The molecule has 0 N–H and O–H groups in total. The van der Waals surface area contributed by atoms with Crippen LogP contribution in [0.15, 0.2) is 76.1 Å². The number of nitro groups is 1. The summed E-state index contributed by atoms with van der Waals surface area (Å²) in [5.74, 6) is -0.583. The molecule has 7 nitrogen and oxygen atoms in total. The Morgan fingerprint density at radius 2 is 1.78 bits per heavy atom. The maximum atomic E-state index is 13.9. The lowest BCUT2D eigenvalue weighted by Gasteiger charge is -2.38. The average Bonchev–Trinajstić information content (AvgIpc) is 2.83.